The number of rotatable bonds is 9. The van der Waals surface area contributed by atoms with Crippen molar-refractivity contribution in [3.8, 4) is 6.07 Å². The van der Waals surface area contributed by atoms with Gasteiger partial charge in [0, 0.05) is 19.5 Å². The molecule has 4 aromatic rings. The van der Waals surface area contributed by atoms with Gasteiger partial charge in [-0.2, -0.15) is 5.26 Å². The van der Waals surface area contributed by atoms with E-state index in [9.17, 15) is 19.6 Å². The van der Waals surface area contributed by atoms with Gasteiger partial charge < -0.3 is 19.9 Å². The van der Waals surface area contributed by atoms with Crippen molar-refractivity contribution in [1.82, 2.24) is 20.2 Å². The van der Waals surface area contributed by atoms with Crippen molar-refractivity contribution in [2.45, 2.75) is 31.2 Å². The number of methoxy groups -OCH3 is 1. The number of benzene rings is 3. The first-order valence-corrected chi connectivity index (χ1v) is 14.6. The largest absolute Gasteiger partial charge is 0.469 e. The Morgan fingerprint density at radius 1 is 1.00 bits per heavy atom. The second kappa shape index (κ2) is 13.4. The average Bonchev–Trinajstić information content (AvgIpc) is 3.62. The number of hydrogen-bond donors (Lipinski definition) is 2. The summed E-state index contributed by atoms with van der Waals surface area (Å²) in [4.78, 5) is 50.1. The number of imidazole rings is 1. The number of carbonyl (C=O) groups excluding carboxylic acids is 3. The van der Waals surface area contributed by atoms with Gasteiger partial charge in [0.15, 0.2) is 0 Å². The third-order valence-electron chi connectivity index (χ3n) is 8.31. The Balaban J connectivity index is 1.43. The number of aromatic amines is 1. The van der Waals surface area contributed by atoms with Crippen LogP contribution in [0.4, 0.5) is 0 Å². The molecule has 3 atom stereocenters. The van der Waals surface area contributed by atoms with E-state index in [0.717, 1.165) is 16.7 Å². The number of ether oxygens (including phenoxy) is 1. The molecule has 3 unspecified atom stereocenters. The van der Waals surface area contributed by atoms with Crippen LogP contribution in [0.2, 0.25) is 0 Å². The molecule has 1 aliphatic heterocycles. The molecule has 0 spiro atoms. The maximum atomic E-state index is 14.3. The van der Waals surface area contributed by atoms with E-state index in [1.165, 1.54) is 7.11 Å². The number of piperidine rings is 1. The molecule has 1 aliphatic rings. The monoisotopic (exact) mass is 589 g/mol. The number of likely N-dealkylation sites (tertiary alicyclic amines) is 1. The van der Waals surface area contributed by atoms with Crippen LogP contribution >= 0.6 is 0 Å². The third kappa shape index (κ3) is 6.70. The van der Waals surface area contributed by atoms with Crippen LogP contribution in [0.25, 0.3) is 0 Å². The van der Waals surface area contributed by atoms with E-state index < -0.39 is 29.3 Å². The van der Waals surface area contributed by atoms with Gasteiger partial charge >= 0.3 is 5.97 Å². The highest BCUT2D eigenvalue weighted by atomic mass is 16.5. The predicted molar refractivity (Wildman–Crippen MR) is 164 cm³/mol. The van der Waals surface area contributed by atoms with Crippen molar-refractivity contribution in [3.63, 3.8) is 0 Å². The van der Waals surface area contributed by atoms with Crippen LogP contribution in [-0.2, 0) is 31.1 Å². The van der Waals surface area contributed by atoms with E-state index >= 15 is 0 Å². The summed E-state index contributed by atoms with van der Waals surface area (Å²) in [6.07, 6.45) is 3.90. The standard InChI is InChI=1S/C35H35N5O4/c1-35(30-20-37-23-38-30,18-24-13-15-25(19-36)16-14-24)39-32(41)28-17-29(34(43)44-2)22-40(21-28)33(42)31(26-9-5-3-6-10-26)27-11-7-4-8-12-27/h3-16,20,23,28-29,31H,17-18,21-22H2,1-2H3,(H,37,38)(H,39,41). The van der Waals surface area contributed by atoms with E-state index in [1.54, 1.807) is 29.6 Å². The van der Waals surface area contributed by atoms with Gasteiger partial charge in [0.05, 0.1) is 60.3 Å². The molecule has 1 saturated heterocycles. The number of hydrogen-bond acceptors (Lipinski definition) is 6. The van der Waals surface area contributed by atoms with Gasteiger partial charge in [-0.1, -0.05) is 72.8 Å². The van der Waals surface area contributed by atoms with E-state index in [-0.39, 0.29) is 31.3 Å². The summed E-state index contributed by atoms with van der Waals surface area (Å²) in [7, 11) is 1.32. The van der Waals surface area contributed by atoms with Crippen LogP contribution < -0.4 is 5.32 Å². The first kappa shape index (κ1) is 30.2. The number of aromatic nitrogens is 2. The van der Waals surface area contributed by atoms with Crippen molar-refractivity contribution in [2.75, 3.05) is 20.2 Å². The molecule has 1 aromatic heterocycles. The van der Waals surface area contributed by atoms with Crippen LogP contribution in [0.15, 0.2) is 97.5 Å². The Bertz CT molecular complexity index is 1580. The average molecular weight is 590 g/mol. The van der Waals surface area contributed by atoms with E-state index in [1.807, 2.05) is 79.7 Å². The van der Waals surface area contributed by atoms with Crippen LogP contribution in [0.1, 0.15) is 47.2 Å². The summed E-state index contributed by atoms with van der Waals surface area (Å²) in [5.41, 5.74) is 2.95. The van der Waals surface area contributed by atoms with E-state index in [0.29, 0.717) is 17.7 Å². The van der Waals surface area contributed by atoms with Crippen molar-refractivity contribution in [1.29, 1.82) is 5.26 Å². The van der Waals surface area contributed by atoms with Gasteiger partial charge in [-0.15, -0.1) is 0 Å². The lowest BCUT2D eigenvalue weighted by Gasteiger charge is -2.39. The summed E-state index contributed by atoms with van der Waals surface area (Å²) < 4.78 is 5.09. The van der Waals surface area contributed by atoms with Crippen LogP contribution in [-0.4, -0.2) is 52.9 Å². The summed E-state index contributed by atoms with van der Waals surface area (Å²) >= 11 is 0. The molecule has 0 radical (unpaired) electrons. The summed E-state index contributed by atoms with van der Waals surface area (Å²) in [5, 5.41) is 12.4. The lowest BCUT2D eigenvalue weighted by molar-refractivity contribution is -0.151. The zero-order valence-corrected chi connectivity index (χ0v) is 24.8. The molecule has 1 fully saturated rings. The summed E-state index contributed by atoms with van der Waals surface area (Å²) in [6.45, 7) is 2.22. The molecule has 224 valence electrons. The van der Waals surface area contributed by atoms with Crippen LogP contribution in [0.3, 0.4) is 0 Å². The van der Waals surface area contributed by atoms with Gasteiger partial charge in [-0.05, 0) is 42.2 Å². The van der Waals surface area contributed by atoms with Crippen molar-refractivity contribution in [2.24, 2.45) is 11.8 Å². The fourth-order valence-corrected chi connectivity index (χ4v) is 6.00. The fraction of sp³-hybridized carbons (Fsp3) is 0.286. The maximum absolute atomic E-state index is 14.3. The molecular weight excluding hydrogens is 554 g/mol. The minimum absolute atomic E-state index is 0.157. The number of nitrogens with one attached hydrogen (secondary N) is 2. The number of esters is 1. The fourth-order valence-electron chi connectivity index (χ4n) is 6.00. The quantitative estimate of drug-likeness (QED) is 0.280. The zero-order valence-electron chi connectivity index (χ0n) is 24.8. The van der Waals surface area contributed by atoms with Crippen molar-refractivity contribution >= 4 is 17.8 Å². The highest BCUT2D eigenvalue weighted by Crippen LogP contribution is 2.32. The molecule has 5 rings (SSSR count). The highest BCUT2D eigenvalue weighted by Gasteiger charge is 2.42. The second-order valence-electron chi connectivity index (χ2n) is 11.4. The molecule has 44 heavy (non-hydrogen) atoms. The smallest absolute Gasteiger partial charge is 0.310 e. The molecule has 9 heteroatoms. The van der Waals surface area contributed by atoms with Crippen LogP contribution in [0, 0.1) is 23.2 Å². The first-order valence-electron chi connectivity index (χ1n) is 14.6. The number of H-pyrrole nitrogens is 1. The number of carbonyl (C=O) groups is 3. The number of amides is 2. The molecule has 0 saturated carbocycles. The SMILES string of the molecule is COC(=O)C1CC(C(=O)NC(C)(Cc2ccc(C#N)cc2)c2cnc[nH]2)CN(C(=O)C(c2ccccc2)c2ccccc2)C1. The molecule has 0 aliphatic carbocycles. The molecule has 9 nitrogen and oxygen atoms in total. The molecule has 2 amide bonds. The molecule has 2 N–H and O–H groups in total. The zero-order chi connectivity index (χ0) is 31.1. The minimum atomic E-state index is -0.884. The normalized spacial score (nSPS) is 17.7. The lowest BCUT2D eigenvalue weighted by atomic mass is 9.84. The van der Waals surface area contributed by atoms with Gasteiger partial charge in [-0.3, -0.25) is 14.4 Å². The first-order chi connectivity index (χ1) is 21.3. The lowest BCUT2D eigenvalue weighted by Crippen LogP contribution is -2.54. The molecule has 2 heterocycles. The van der Waals surface area contributed by atoms with E-state index in [2.05, 4.69) is 21.4 Å². The second-order valence-corrected chi connectivity index (χ2v) is 11.4. The Kier molecular flexibility index (Phi) is 9.20. The van der Waals surface area contributed by atoms with E-state index in [4.69, 9.17) is 4.74 Å². The Labute approximate surface area is 256 Å². The topological polar surface area (TPSA) is 128 Å². The number of nitriles is 1. The predicted octanol–water partition coefficient (Wildman–Crippen LogP) is 4.33. The molecular formula is C35H35N5O4. The Hall–Kier alpha value is -5.23. The third-order valence-corrected chi connectivity index (χ3v) is 8.31. The summed E-state index contributed by atoms with van der Waals surface area (Å²) in [5.74, 6) is -2.82. The molecule has 3 aromatic carbocycles. The molecule has 0 bridgehead atoms. The van der Waals surface area contributed by atoms with Crippen LogP contribution in [0.5, 0.6) is 0 Å². The van der Waals surface area contributed by atoms with Crippen molar-refractivity contribution in [3.05, 3.63) is 125 Å². The van der Waals surface area contributed by atoms with Gasteiger partial charge in [0.1, 0.15) is 0 Å². The summed E-state index contributed by atoms with van der Waals surface area (Å²) in [6, 6.07) is 28.4. The van der Waals surface area contributed by atoms with Crippen molar-refractivity contribution < 1.29 is 19.1 Å². The Morgan fingerprint density at radius 3 is 2.16 bits per heavy atom. The van der Waals surface area contributed by atoms with Gasteiger partial charge in [0.25, 0.3) is 0 Å². The highest BCUT2D eigenvalue weighted by molar-refractivity contribution is 5.89. The maximum Gasteiger partial charge on any atom is 0.310 e. The van der Waals surface area contributed by atoms with Gasteiger partial charge in [0.2, 0.25) is 11.8 Å². The Morgan fingerprint density at radius 2 is 1.61 bits per heavy atom. The number of nitrogens with zero attached hydrogens (tertiary/aromatic N) is 3. The van der Waals surface area contributed by atoms with Gasteiger partial charge in [-0.25, -0.2) is 4.98 Å². The minimum Gasteiger partial charge on any atom is -0.469 e.